The molecule has 0 radical (unpaired) electrons. The van der Waals surface area contributed by atoms with Crippen LogP contribution in [0.3, 0.4) is 0 Å². The molecular weight excluding hydrogens is 1070 g/mol. The minimum atomic E-state index is -5.33. The van der Waals surface area contributed by atoms with E-state index in [1.165, 1.54) is 141 Å². The summed E-state index contributed by atoms with van der Waals surface area (Å²) in [6, 6.07) is 0. The third-order valence-corrected chi connectivity index (χ3v) is 17.7. The van der Waals surface area contributed by atoms with Crippen molar-refractivity contribution < 1.29 is 81.1 Å². The van der Waals surface area contributed by atoms with E-state index in [0.717, 1.165) is 64.2 Å². The van der Waals surface area contributed by atoms with Crippen molar-refractivity contribution in [2.75, 3.05) is 13.2 Å². The Bertz CT molecular complexity index is 1710. The van der Waals surface area contributed by atoms with E-state index in [-0.39, 0.29) is 24.4 Å². The number of esters is 2. The Morgan fingerprint density at radius 3 is 1.28 bits per heavy atom. The Morgan fingerprint density at radius 2 is 0.854 bits per heavy atom. The minimum Gasteiger partial charge on any atom is -0.455 e. The lowest BCUT2D eigenvalue weighted by atomic mass is 9.81. The fourth-order valence-corrected chi connectivity index (χ4v) is 13.1. The van der Waals surface area contributed by atoms with E-state index in [9.17, 15) is 53.2 Å². The molecule has 0 aromatic carbocycles. The van der Waals surface area contributed by atoms with Gasteiger partial charge in [0.15, 0.2) is 24.6 Å². The van der Waals surface area contributed by atoms with Crippen molar-refractivity contribution in [1.29, 1.82) is 0 Å². The predicted octanol–water partition coefficient (Wildman–Crippen LogP) is 12.4. The van der Waals surface area contributed by atoms with Crippen LogP contribution in [0.1, 0.15) is 280 Å². The summed E-state index contributed by atoms with van der Waals surface area (Å²) in [5.74, 6) is -0.641. The highest BCUT2D eigenvalue weighted by Crippen LogP contribution is 2.35. The lowest BCUT2D eigenvalue weighted by molar-refractivity contribution is -0.374. The molecule has 18 heteroatoms. The van der Waals surface area contributed by atoms with Crippen LogP contribution in [0.4, 0.5) is 0 Å². The van der Waals surface area contributed by atoms with Crippen LogP contribution < -0.4 is 0 Å². The van der Waals surface area contributed by atoms with Gasteiger partial charge in [-0.3, -0.25) is 14.1 Å². The van der Waals surface area contributed by atoms with Gasteiger partial charge in [0.2, 0.25) is 6.29 Å². The Kier molecular flexibility index (Phi) is 41.8. The fourth-order valence-electron chi connectivity index (χ4n) is 12.6. The van der Waals surface area contributed by atoms with Gasteiger partial charge in [-0.05, 0) is 74.5 Å². The van der Waals surface area contributed by atoms with E-state index in [1.807, 2.05) is 0 Å². The quantitative estimate of drug-likeness (QED) is 0.0170. The first-order chi connectivity index (χ1) is 39.1. The van der Waals surface area contributed by atoms with Gasteiger partial charge in [-0.25, -0.2) is 4.18 Å². The molecule has 0 amide bonds. The summed E-state index contributed by atoms with van der Waals surface area (Å²) in [5.41, 5.74) is 0. The molecule has 0 saturated carbocycles. The van der Waals surface area contributed by atoms with Crippen LogP contribution in [0.5, 0.6) is 0 Å². The molecule has 2 heterocycles. The second-order valence-electron chi connectivity index (χ2n) is 25.7. The number of aliphatic hydroxyl groups excluding tert-OH is 6. The highest BCUT2D eigenvalue weighted by molar-refractivity contribution is 7.80. The molecule has 2 aliphatic heterocycles. The monoisotopic (exact) mass is 1190 g/mol. The number of rotatable bonds is 50. The zero-order chi connectivity index (χ0) is 60.9. The van der Waals surface area contributed by atoms with E-state index < -0.39 is 103 Å². The van der Waals surface area contributed by atoms with Gasteiger partial charge in [-0.15, -0.1) is 0 Å². The molecule has 0 aromatic rings. The van der Waals surface area contributed by atoms with E-state index in [4.69, 9.17) is 23.7 Å². The summed E-state index contributed by atoms with van der Waals surface area (Å²) >= 11 is 0. The Labute approximate surface area is 497 Å². The van der Waals surface area contributed by atoms with E-state index in [1.54, 1.807) is 6.92 Å². The highest BCUT2D eigenvalue weighted by atomic mass is 32.3. The van der Waals surface area contributed by atoms with Crippen molar-refractivity contribution in [2.24, 2.45) is 35.5 Å². The lowest BCUT2D eigenvalue weighted by Crippen LogP contribution is -2.65. The topological polar surface area (TPSA) is 265 Å². The van der Waals surface area contributed by atoms with Gasteiger partial charge in [0.25, 0.3) is 0 Å². The number of hydrogen-bond acceptors (Lipinski definition) is 16. The number of unbranched alkanes of at least 4 members (excludes halogenated alkanes) is 26. The molecule has 0 bridgehead atoms. The first kappa shape index (κ1) is 76.5. The summed E-state index contributed by atoms with van der Waals surface area (Å²) in [5, 5.41) is 64.3. The zero-order valence-electron chi connectivity index (χ0n) is 52.6. The second kappa shape index (κ2) is 44.8. The summed E-state index contributed by atoms with van der Waals surface area (Å²) < 4.78 is 67.4. The number of ether oxygens (including phenoxy) is 5. The molecule has 0 aliphatic carbocycles. The highest BCUT2D eigenvalue weighted by Gasteiger charge is 2.55. The summed E-state index contributed by atoms with van der Waals surface area (Å²) in [7, 11) is -5.33. The van der Waals surface area contributed by atoms with Crippen LogP contribution in [0.25, 0.3) is 0 Å². The molecule has 2 saturated heterocycles. The van der Waals surface area contributed by atoms with Crippen molar-refractivity contribution in [2.45, 2.75) is 348 Å². The molecule has 2 rings (SSSR count). The fraction of sp³-hybridized carbons (Fsp3) is 0.969. The Morgan fingerprint density at radius 1 is 0.476 bits per heavy atom. The molecule has 486 valence electrons. The molecule has 17 atom stereocenters. The zero-order valence-corrected chi connectivity index (χ0v) is 53.4. The van der Waals surface area contributed by atoms with Crippen LogP contribution in [0, 0.1) is 35.5 Å². The van der Waals surface area contributed by atoms with Gasteiger partial charge in [-0.1, -0.05) is 229 Å². The SMILES string of the molecule is CCCCCCCCCCCCCCCCCC(O)C(C)CC(C)CC(C)CC(C)CC(C)CC(C)C(=O)OC1C(OC2OC(CO)C(O)C(O)C2OS(=O)(=O)O)OC(CO)C(O)C1OC(=O)CCCCCCCCCCCCCCC. The van der Waals surface area contributed by atoms with Crippen LogP contribution in [-0.2, 0) is 47.9 Å². The van der Waals surface area contributed by atoms with Gasteiger partial charge in [-0.2, -0.15) is 8.42 Å². The van der Waals surface area contributed by atoms with E-state index in [0.29, 0.717) is 30.6 Å². The maximum absolute atomic E-state index is 14.1. The van der Waals surface area contributed by atoms with E-state index in [2.05, 4.69) is 52.6 Å². The molecule has 82 heavy (non-hydrogen) atoms. The van der Waals surface area contributed by atoms with Crippen molar-refractivity contribution in [3.63, 3.8) is 0 Å². The number of aliphatic hydroxyl groups is 6. The molecule has 17 nitrogen and oxygen atoms in total. The van der Waals surface area contributed by atoms with Crippen molar-refractivity contribution >= 4 is 22.3 Å². The minimum absolute atomic E-state index is 0.0262. The second-order valence-corrected chi connectivity index (χ2v) is 26.7. The third kappa shape index (κ3) is 33.0. The molecule has 0 spiro atoms. The maximum atomic E-state index is 14.1. The molecule has 7 N–H and O–H groups in total. The normalized spacial score (nSPS) is 25.9. The van der Waals surface area contributed by atoms with Crippen molar-refractivity contribution in [3.8, 4) is 0 Å². The number of carbonyl (C=O) groups excluding carboxylic acids is 2. The Hall–Kier alpha value is -1.55. The molecule has 0 aromatic heterocycles. The van der Waals surface area contributed by atoms with Crippen LogP contribution >= 0.6 is 0 Å². The smallest absolute Gasteiger partial charge is 0.397 e. The van der Waals surface area contributed by atoms with Gasteiger partial charge in [0.1, 0.15) is 30.5 Å². The predicted molar refractivity (Wildman–Crippen MR) is 321 cm³/mol. The average molecular weight is 1200 g/mol. The van der Waals surface area contributed by atoms with Gasteiger partial charge in [0, 0.05) is 6.42 Å². The molecule has 2 aliphatic rings. The first-order valence-electron chi connectivity index (χ1n) is 33.1. The van der Waals surface area contributed by atoms with E-state index >= 15 is 0 Å². The lowest BCUT2D eigenvalue weighted by Gasteiger charge is -2.46. The molecular formula is C64H122O17S. The molecule has 2 fully saturated rings. The number of hydrogen-bond donors (Lipinski definition) is 7. The Balaban J connectivity index is 1.98. The van der Waals surface area contributed by atoms with Gasteiger partial charge >= 0.3 is 22.3 Å². The standard InChI is InChI=1S/C64H122O17S/c1-9-11-13-15-17-19-21-23-24-26-27-29-31-33-35-37-52(67)50(7)42-48(5)40-46(3)39-47(4)41-49(6)43-51(8)62(72)79-61-59(78-55(68)38-36-34-32-30-28-25-22-20-18-16-14-12-10-2)57(70)54(45-66)77-64(61)80-63-60(81-82(73,74)75)58(71)56(69)53(44-65)76-63/h46-54,56-61,63-67,69-71H,9-45H2,1-8H3,(H,73,74,75). The summed E-state index contributed by atoms with van der Waals surface area (Å²) in [6.07, 6.45) is 20.6. The first-order valence-corrected chi connectivity index (χ1v) is 34.5. The molecule has 17 unspecified atom stereocenters. The van der Waals surface area contributed by atoms with Crippen LogP contribution in [0.15, 0.2) is 0 Å². The average Bonchev–Trinajstić information content (AvgIpc) is 3.49. The third-order valence-electron chi connectivity index (χ3n) is 17.2. The van der Waals surface area contributed by atoms with Gasteiger partial charge in [0.05, 0.1) is 25.2 Å². The van der Waals surface area contributed by atoms with Crippen molar-refractivity contribution in [1.82, 2.24) is 0 Å². The maximum Gasteiger partial charge on any atom is 0.397 e. The van der Waals surface area contributed by atoms with Crippen molar-refractivity contribution in [3.05, 3.63) is 0 Å². The number of carbonyl (C=O) groups is 2. The summed E-state index contributed by atoms with van der Waals surface area (Å²) in [6.45, 7) is 15.5. The largest absolute Gasteiger partial charge is 0.455 e. The van der Waals surface area contributed by atoms with Crippen LogP contribution in [-0.4, -0.2) is 136 Å². The van der Waals surface area contributed by atoms with Crippen LogP contribution in [0.2, 0.25) is 0 Å². The summed E-state index contributed by atoms with van der Waals surface area (Å²) in [4.78, 5) is 27.6. The van der Waals surface area contributed by atoms with Gasteiger partial charge < -0.3 is 54.3 Å².